The number of methoxy groups -OCH3 is 1. The zero-order valence-electron chi connectivity index (χ0n) is 10.8. The van der Waals surface area contributed by atoms with E-state index in [2.05, 4.69) is 16.8 Å². The Morgan fingerprint density at radius 1 is 1.26 bits per heavy atom. The number of hydrogen-bond donors (Lipinski definition) is 0. The minimum absolute atomic E-state index is 0.602. The summed E-state index contributed by atoms with van der Waals surface area (Å²) in [5.41, 5.74) is 1.22. The minimum atomic E-state index is 0.602. The number of thioether (sulfide) groups is 1. The van der Waals surface area contributed by atoms with Crippen molar-refractivity contribution < 1.29 is 9.15 Å². The minimum Gasteiger partial charge on any atom is -0.497 e. The molecule has 0 spiro atoms. The zero-order chi connectivity index (χ0) is 13.5. The van der Waals surface area contributed by atoms with Gasteiger partial charge in [0.25, 0.3) is 5.22 Å². The van der Waals surface area contributed by atoms with E-state index in [0.717, 1.165) is 24.3 Å². The molecule has 0 radical (unpaired) electrons. The van der Waals surface area contributed by atoms with Crippen molar-refractivity contribution in [2.75, 3.05) is 12.9 Å². The Balaban J connectivity index is 1.87. The third kappa shape index (κ3) is 4.13. The first-order chi connectivity index (χ1) is 9.31. The van der Waals surface area contributed by atoms with Gasteiger partial charge in [0.1, 0.15) is 5.75 Å². The van der Waals surface area contributed by atoms with Crippen molar-refractivity contribution in [3.63, 3.8) is 0 Å². The molecule has 0 aliphatic carbocycles. The third-order valence-corrected chi connectivity index (χ3v) is 3.37. The molecule has 0 saturated heterocycles. The van der Waals surface area contributed by atoms with E-state index in [1.807, 2.05) is 30.3 Å². The lowest BCUT2D eigenvalue weighted by atomic mass is 10.1. The Morgan fingerprint density at radius 3 is 2.74 bits per heavy atom. The lowest BCUT2D eigenvalue weighted by Gasteiger charge is -2.01. The van der Waals surface area contributed by atoms with Crippen LogP contribution in [0.15, 0.2) is 46.6 Å². The molecule has 4 nitrogen and oxygen atoms in total. The van der Waals surface area contributed by atoms with Crippen LogP contribution in [0.1, 0.15) is 11.5 Å². The molecule has 0 N–H and O–H groups in total. The lowest BCUT2D eigenvalue weighted by molar-refractivity contribution is 0.412. The summed E-state index contributed by atoms with van der Waals surface area (Å²) in [5.74, 6) is 2.31. The molecule has 0 aliphatic rings. The van der Waals surface area contributed by atoms with E-state index in [4.69, 9.17) is 9.15 Å². The van der Waals surface area contributed by atoms with Gasteiger partial charge in [-0.3, -0.25) is 0 Å². The van der Waals surface area contributed by atoms with Crippen LogP contribution < -0.4 is 4.74 Å². The van der Waals surface area contributed by atoms with Gasteiger partial charge in [-0.2, -0.15) is 0 Å². The van der Waals surface area contributed by atoms with Crippen LogP contribution in [-0.4, -0.2) is 23.1 Å². The van der Waals surface area contributed by atoms with Crippen molar-refractivity contribution in [1.29, 1.82) is 0 Å². The normalized spacial score (nSPS) is 10.4. The highest BCUT2D eigenvalue weighted by Gasteiger charge is 2.06. The third-order valence-electron chi connectivity index (χ3n) is 2.56. The Morgan fingerprint density at radius 2 is 2.05 bits per heavy atom. The van der Waals surface area contributed by atoms with Gasteiger partial charge in [-0.25, -0.2) is 0 Å². The Labute approximate surface area is 116 Å². The average molecular weight is 276 g/mol. The largest absolute Gasteiger partial charge is 0.497 e. The van der Waals surface area contributed by atoms with Crippen LogP contribution in [0, 0.1) is 0 Å². The molecule has 0 aliphatic heterocycles. The fourth-order valence-electron chi connectivity index (χ4n) is 1.57. The Hall–Kier alpha value is -1.75. The fraction of sp³-hybridized carbons (Fsp3) is 0.286. The molecule has 19 heavy (non-hydrogen) atoms. The molecule has 1 heterocycles. The predicted molar refractivity (Wildman–Crippen MR) is 75.6 cm³/mol. The van der Waals surface area contributed by atoms with Gasteiger partial charge in [0, 0.05) is 12.2 Å². The number of aryl methyl sites for hydroxylation is 2. The van der Waals surface area contributed by atoms with Gasteiger partial charge in [-0.05, 0) is 24.1 Å². The van der Waals surface area contributed by atoms with Crippen molar-refractivity contribution >= 4 is 11.8 Å². The molecular weight excluding hydrogens is 260 g/mol. The lowest BCUT2D eigenvalue weighted by Crippen LogP contribution is -1.92. The summed E-state index contributed by atoms with van der Waals surface area (Å²) in [5, 5.41) is 8.59. The van der Waals surface area contributed by atoms with Crippen molar-refractivity contribution in [3.8, 4) is 5.75 Å². The summed E-state index contributed by atoms with van der Waals surface area (Å²) in [4.78, 5) is 0. The van der Waals surface area contributed by atoms with Crippen LogP contribution in [0.4, 0.5) is 0 Å². The van der Waals surface area contributed by atoms with Gasteiger partial charge in [0.2, 0.25) is 5.89 Å². The maximum Gasteiger partial charge on any atom is 0.276 e. The van der Waals surface area contributed by atoms with Crippen LogP contribution in [0.25, 0.3) is 0 Å². The van der Waals surface area contributed by atoms with Crippen LogP contribution in [0.2, 0.25) is 0 Å². The summed E-state index contributed by atoms with van der Waals surface area (Å²) >= 11 is 1.49. The summed E-state index contributed by atoms with van der Waals surface area (Å²) in [6, 6.07) is 7.99. The van der Waals surface area contributed by atoms with Crippen LogP contribution in [0.5, 0.6) is 5.75 Å². The summed E-state index contributed by atoms with van der Waals surface area (Å²) < 4.78 is 10.6. The molecule has 2 aromatic rings. The number of ether oxygens (including phenoxy) is 1. The monoisotopic (exact) mass is 276 g/mol. The van der Waals surface area contributed by atoms with Gasteiger partial charge in [0.05, 0.1) is 7.11 Å². The summed E-state index contributed by atoms with van der Waals surface area (Å²) in [6.07, 6.45) is 3.43. The highest BCUT2D eigenvalue weighted by molar-refractivity contribution is 7.99. The molecule has 0 fully saturated rings. The average Bonchev–Trinajstić information content (AvgIpc) is 2.91. The van der Waals surface area contributed by atoms with Gasteiger partial charge < -0.3 is 9.15 Å². The highest BCUT2D eigenvalue weighted by Crippen LogP contribution is 2.17. The topological polar surface area (TPSA) is 48.2 Å². The second-order valence-corrected chi connectivity index (χ2v) is 4.88. The van der Waals surface area contributed by atoms with E-state index in [-0.39, 0.29) is 0 Å². The van der Waals surface area contributed by atoms with Crippen LogP contribution >= 0.6 is 11.8 Å². The second-order valence-electron chi connectivity index (χ2n) is 3.91. The first-order valence-corrected chi connectivity index (χ1v) is 6.99. The smallest absolute Gasteiger partial charge is 0.276 e. The van der Waals surface area contributed by atoms with Crippen LogP contribution in [0.3, 0.4) is 0 Å². The van der Waals surface area contributed by atoms with Crippen LogP contribution in [-0.2, 0) is 12.8 Å². The number of rotatable bonds is 7. The molecule has 0 saturated carbocycles. The molecule has 0 unspecified atom stereocenters. The molecule has 1 aromatic carbocycles. The molecule has 0 atom stereocenters. The van der Waals surface area contributed by atoms with E-state index >= 15 is 0 Å². The quantitative estimate of drug-likeness (QED) is 0.574. The van der Waals surface area contributed by atoms with E-state index in [0.29, 0.717) is 11.1 Å². The summed E-state index contributed by atoms with van der Waals surface area (Å²) in [7, 11) is 1.66. The van der Waals surface area contributed by atoms with Gasteiger partial charge >= 0.3 is 0 Å². The van der Waals surface area contributed by atoms with Crippen molar-refractivity contribution in [2.24, 2.45) is 0 Å². The first kappa shape index (κ1) is 13.7. The maximum atomic E-state index is 5.52. The number of nitrogens with zero attached hydrogens (tertiary/aromatic N) is 2. The number of aromatic nitrogens is 2. The molecule has 1 aromatic heterocycles. The fourth-order valence-corrected chi connectivity index (χ4v) is 2.09. The van der Waals surface area contributed by atoms with E-state index in [1.165, 1.54) is 17.3 Å². The maximum absolute atomic E-state index is 5.52. The number of benzene rings is 1. The van der Waals surface area contributed by atoms with Crippen molar-refractivity contribution in [1.82, 2.24) is 10.2 Å². The highest BCUT2D eigenvalue weighted by atomic mass is 32.2. The Kier molecular flexibility index (Phi) is 5.03. The molecule has 2 rings (SSSR count). The SMILES string of the molecule is C=CCSc1nnc(CCc2ccc(OC)cc2)o1. The van der Waals surface area contributed by atoms with E-state index in [1.54, 1.807) is 7.11 Å². The number of hydrogen-bond acceptors (Lipinski definition) is 5. The zero-order valence-corrected chi connectivity index (χ0v) is 11.7. The van der Waals surface area contributed by atoms with Crippen molar-refractivity contribution in [3.05, 3.63) is 48.4 Å². The van der Waals surface area contributed by atoms with Crippen molar-refractivity contribution in [2.45, 2.75) is 18.1 Å². The molecular formula is C14H16N2O2S. The first-order valence-electron chi connectivity index (χ1n) is 6.01. The predicted octanol–water partition coefficient (Wildman–Crippen LogP) is 3.14. The molecule has 5 heteroatoms. The van der Waals surface area contributed by atoms with Gasteiger partial charge in [0.15, 0.2) is 0 Å². The van der Waals surface area contributed by atoms with Gasteiger partial charge in [-0.1, -0.05) is 30.0 Å². The molecule has 0 amide bonds. The van der Waals surface area contributed by atoms with E-state index < -0.39 is 0 Å². The Bertz CT molecular complexity index is 522. The second kappa shape index (κ2) is 6.99. The van der Waals surface area contributed by atoms with Gasteiger partial charge in [-0.15, -0.1) is 16.8 Å². The standard InChI is InChI=1S/C14H16N2O2S/c1-3-10-19-14-16-15-13(18-14)9-6-11-4-7-12(17-2)8-5-11/h3-5,7-8H,1,6,9-10H2,2H3. The summed E-state index contributed by atoms with van der Waals surface area (Å²) in [6.45, 7) is 3.65. The van der Waals surface area contributed by atoms with E-state index in [9.17, 15) is 0 Å². The molecule has 100 valence electrons. The molecule has 0 bridgehead atoms.